The van der Waals surface area contributed by atoms with Gasteiger partial charge in [-0.15, -0.1) is 0 Å². The fourth-order valence-corrected chi connectivity index (χ4v) is 2.12. The molecule has 94 valence electrons. The number of aromatic nitrogens is 1. The Hall–Kier alpha value is -1.63. The number of rotatable bonds is 3. The van der Waals surface area contributed by atoms with E-state index in [2.05, 4.69) is 9.69 Å². The highest BCUT2D eigenvalue weighted by atomic mass is 32.1. The second-order valence-corrected chi connectivity index (χ2v) is 4.67. The van der Waals surface area contributed by atoms with Crippen LogP contribution >= 0.6 is 11.5 Å². The molecule has 2 N–H and O–H groups in total. The van der Waals surface area contributed by atoms with Gasteiger partial charge in [-0.2, -0.15) is 4.37 Å². The number of nitrogens with one attached hydrogen (secondary N) is 1. The first-order valence-electron chi connectivity index (χ1n) is 5.08. The maximum atomic E-state index is 11.7. The molecule has 0 fully saturated rings. The van der Waals surface area contributed by atoms with Gasteiger partial charge in [0, 0.05) is 13.1 Å². The van der Waals surface area contributed by atoms with Crippen LogP contribution in [-0.2, 0) is 0 Å². The van der Waals surface area contributed by atoms with E-state index in [0.29, 0.717) is 10.7 Å². The third-order valence-corrected chi connectivity index (χ3v) is 3.10. The Morgan fingerprint density at radius 3 is 2.53 bits per heavy atom. The van der Waals surface area contributed by atoms with Crippen LogP contribution in [0.1, 0.15) is 29.9 Å². The van der Waals surface area contributed by atoms with Crippen molar-refractivity contribution < 1.29 is 14.7 Å². The lowest BCUT2D eigenvalue weighted by atomic mass is 10.2. The van der Waals surface area contributed by atoms with E-state index in [0.717, 1.165) is 11.5 Å². The van der Waals surface area contributed by atoms with Gasteiger partial charge >= 0.3 is 12.0 Å². The first kappa shape index (κ1) is 13.4. The van der Waals surface area contributed by atoms with Gasteiger partial charge in [0.1, 0.15) is 10.6 Å². The maximum absolute atomic E-state index is 11.7. The number of amides is 2. The molecule has 2 amide bonds. The third-order valence-electron chi connectivity index (χ3n) is 2.08. The molecule has 1 heterocycles. The number of anilines is 1. The van der Waals surface area contributed by atoms with Crippen LogP contribution in [0.2, 0.25) is 0 Å². The molecule has 0 spiro atoms. The SMILES string of the molecule is Cc1nsc(N(C)C(=O)NC(C)C)c1C(=O)O. The van der Waals surface area contributed by atoms with Gasteiger partial charge in [-0.1, -0.05) is 0 Å². The summed E-state index contributed by atoms with van der Waals surface area (Å²) in [5, 5.41) is 12.1. The van der Waals surface area contributed by atoms with Crippen molar-refractivity contribution in [2.24, 2.45) is 0 Å². The lowest BCUT2D eigenvalue weighted by Gasteiger charge is -2.18. The molecule has 0 saturated carbocycles. The van der Waals surface area contributed by atoms with Crippen LogP contribution in [0.4, 0.5) is 9.80 Å². The van der Waals surface area contributed by atoms with Crippen molar-refractivity contribution in [1.82, 2.24) is 9.69 Å². The van der Waals surface area contributed by atoms with E-state index in [1.165, 1.54) is 11.9 Å². The van der Waals surface area contributed by atoms with Gasteiger partial charge in [-0.25, -0.2) is 9.59 Å². The van der Waals surface area contributed by atoms with Gasteiger partial charge in [0.2, 0.25) is 0 Å². The summed E-state index contributed by atoms with van der Waals surface area (Å²) in [6.45, 7) is 5.28. The smallest absolute Gasteiger partial charge is 0.340 e. The molecule has 0 saturated heterocycles. The van der Waals surface area contributed by atoms with Crippen molar-refractivity contribution >= 4 is 28.5 Å². The van der Waals surface area contributed by atoms with Crippen LogP contribution in [0.15, 0.2) is 0 Å². The number of carboxylic acids is 1. The van der Waals surface area contributed by atoms with Gasteiger partial charge in [-0.05, 0) is 32.3 Å². The predicted molar refractivity (Wildman–Crippen MR) is 65.9 cm³/mol. The van der Waals surface area contributed by atoms with Crippen molar-refractivity contribution in [2.45, 2.75) is 26.8 Å². The molecular weight excluding hydrogens is 242 g/mol. The Labute approximate surface area is 103 Å². The van der Waals surface area contributed by atoms with Crippen molar-refractivity contribution in [1.29, 1.82) is 0 Å². The summed E-state index contributed by atoms with van der Waals surface area (Å²) >= 11 is 1.00. The molecule has 0 aliphatic rings. The maximum Gasteiger partial charge on any atom is 0.340 e. The molecule has 1 aromatic heterocycles. The number of urea groups is 1. The summed E-state index contributed by atoms with van der Waals surface area (Å²) in [5.41, 5.74) is 0.498. The number of hydrogen-bond donors (Lipinski definition) is 2. The highest BCUT2D eigenvalue weighted by Crippen LogP contribution is 2.27. The third kappa shape index (κ3) is 2.94. The standard InChI is InChI=1S/C10H15N3O3S/c1-5(2)11-10(16)13(4)8-7(9(14)15)6(3)12-17-8/h5H,1-4H3,(H,11,16)(H,14,15). The predicted octanol–water partition coefficient (Wildman–Crippen LogP) is 1.70. The molecule has 0 radical (unpaired) electrons. The van der Waals surface area contributed by atoms with Gasteiger partial charge in [0.05, 0.1) is 5.69 Å². The molecule has 6 nitrogen and oxygen atoms in total. The zero-order chi connectivity index (χ0) is 13.2. The highest BCUT2D eigenvalue weighted by Gasteiger charge is 2.23. The topological polar surface area (TPSA) is 82.5 Å². The molecule has 7 heteroatoms. The average Bonchev–Trinajstić information content (AvgIpc) is 2.57. The summed E-state index contributed by atoms with van der Waals surface area (Å²) in [6.07, 6.45) is 0. The Bertz CT molecular complexity index is 442. The Morgan fingerprint density at radius 2 is 2.06 bits per heavy atom. The van der Waals surface area contributed by atoms with E-state index in [-0.39, 0.29) is 17.6 Å². The van der Waals surface area contributed by atoms with Crippen molar-refractivity contribution in [2.75, 3.05) is 11.9 Å². The summed E-state index contributed by atoms with van der Waals surface area (Å²) in [6, 6.07) is -0.349. The molecule has 0 aromatic carbocycles. The summed E-state index contributed by atoms with van der Waals surface area (Å²) in [4.78, 5) is 24.1. The van der Waals surface area contributed by atoms with E-state index in [1.54, 1.807) is 6.92 Å². The van der Waals surface area contributed by atoms with E-state index >= 15 is 0 Å². The second-order valence-electron chi connectivity index (χ2n) is 3.92. The van der Waals surface area contributed by atoms with Gasteiger partial charge in [0.15, 0.2) is 0 Å². The Morgan fingerprint density at radius 1 is 1.47 bits per heavy atom. The minimum absolute atomic E-state index is 0.00718. The van der Waals surface area contributed by atoms with Crippen LogP contribution in [0.3, 0.4) is 0 Å². The number of hydrogen-bond acceptors (Lipinski definition) is 4. The summed E-state index contributed by atoms with van der Waals surface area (Å²) in [7, 11) is 1.52. The number of aromatic carboxylic acids is 1. The molecule has 0 aliphatic heterocycles. The van der Waals surface area contributed by atoms with Crippen LogP contribution in [-0.4, -0.2) is 34.6 Å². The van der Waals surface area contributed by atoms with E-state index < -0.39 is 5.97 Å². The van der Waals surface area contributed by atoms with E-state index in [9.17, 15) is 9.59 Å². The number of carboxylic acid groups (broad SMARTS) is 1. The zero-order valence-electron chi connectivity index (χ0n) is 10.1. The molecule has 1 aromatic rings. The van der Waals surface area contributed by atoms with Gasteiger partial charge < -0.3 is 10.4 Å². The van der Waals surface area contributed by atoms with Crippen LogP contribution in [0, 0.1) is 6.92 Å². The van der Waals surface area contributed by atoms with Crippen molar-refractivity contribution in [3.05, 3.63) is 11.3 Å². The first-order chi connectivity index (χ1) is 7.84. The highest BCUT2D eigenvalue weighted by molar-refractivity contribution is 7.11. The molecule has 0 atom stereocenters. The van der Waals surface area contributed by atoms with Crippen LogP contribution < -0.4 is 10.2 Å². The van der Waals surface area contributed by atoms with E-state index in [4.69, 9.17) is 5.11 Å². The summed E-state index contributed by atoms with van der Waals surface area (Å²) in [5.74, 6) is -1.07. The normalized spacial score (nSPS) is 10.4. The quantitative estimate of drug-likeness (QED) is 0.863. The molecule has 0 aliphatic carbocycles. The lowest BCUT2D eigenvalue weighted by Crippen LogP contribution is -2.41. The first-order valence-corrected chi connectivity index (χ1v) is 5.85. The number of carbonyl (C=O) groups excluding carboxylic acids is 1. The molecule has 17 heavy (non-hydrogen) atoms. The molecule has 0 unspecified atom stereocenters. The Balaban J connectivity index is 3.00. The van der Waals surface area contributed by atoms with Gasteiger partial charge in [0.25, 0.3) is 0 Å². The monoisotopic (exact) mass is 257 g/mol. The van der Waals surface area contributed by atoms with E-state index in [1.807, 2.05) is 13.8 Å². The van der Waals surface area contributed by atoms with Crippen LogP contribution in [0.5, 0.6) is 0 Å². The Kier molecular flexibility index (Phi) is 4.06. The number of aryl methyl sites for hydroxylation is 1. The van der Waals surface area contributed by atoms with Gasteiger partial charge in [-0.3, -0.25) is 4.90 Å². The lowest BCUT2D eigenvalue weighted by molar-refractivity contribution is 0.0697. The number of nitrogens with zero attached hydrogens (tertiary/aromatic N) is 2. The fourth-order valence-electron chi connectivity index (χ4n) is 1.27. The second kappa shape index (κ2) is 5.13. The molecule has 0 bridgehead atoms. The largest absolute Gasteiger partial charge is 0.478 e. The molecule has 1 rings (SSSR count). The fraction of sp³-hybridized carbons (Fsp3) is 0.500. The average molecular weight is 257 g/mol. The minimum atomic E-state index is -1.07. The summed E-state index contributed by atoms with van der Waals surface area (Å²) < 4.78 is 3.96. The molecular formula is C10H15N3O3S. The van der Waals surface area contributed by atoms with Crippen molar-refractivity contribution in [3.8, 4) is 0 Å². The number of carbonyl (C=O) groups is 2. The van der Waals surface area contributed by atoms with Crippen molar-refractivity contribution in [3.63, 3.8) is 0 Å². The van der Waals surface area contributed by atoms with Crippen LogP contribution in [0.25, 0.3) is 0 Å². The zero-order valence-corrected chi connectivity index (χ0v) is 11.0. The minimum Gasteiger partial charge on any atom is -0.478 e.